The van der Waals surface area contributed by atoms with Gasteiger partial charge >= 0.3 is 0 Å². The van der Waals surface area contributed by atoms with Crippen LogP contribution in [-0.4, -0.2) is 31.0 Å². The summed E-state index contributed by atoms with van der Waals surface area (Å²) in [7, 11) is 1.99. The molecule has 0 atom stereocenters. The Hall–Kier alpha value is -3.18. The Morgan fingerprint density at radius 3 is 2.48 bits per heavy atom. The third-order valence-electron chi connectivity index (χ3n) is 4.85. The quantitative estimate of drug-likeness (QED) is 0.708. The van der Waals surface area contributed by atoms with Gasteiger partial charge in [0.1, 0.15) is 0 Å². The zero-order valence-corrected chi connectivity index (χ0v) is 15.3. The fraction of sp³-hybridized carbons (Fsp3) is 0.182. The number of carbonyl (C=O) groups is 1. The summed E-state index contributed by atoms with van der Waals surface area (Å²) in [5.41, 5.74) is 4.66. The predicted octanol–water partition coefficient (Wildman–Crippen LogP) is 3.60. The molecular formula is C22H22N4O. The standard InChI is InChI=1S/C22H22N4O/c1-25-19-11-12-23-16-18(19)22(27)26(21-10-6-5-9-20(21)25)14-13-24-15-17-7-3-2-4-8-17/h2-12,16,24H,13-15H2,1H3. The van der Waals surface area contributed by atoms with E-state index in [0.29, 0.717) is 18.7 Å². The predicted molar refractivity (Wildman–Crippen MR) is 109 cm³/mol. The van der Waals surface area contributed by atoms with E-state index >= 15 is 0 Å². The van der Waals surface area contributed by atoms with E-state index in [1.54, 1.807) is 12.4 Å². The molecular weight excluding hydrogens is 336 g/mol. The van der Waals surface area contributed by atoms with Crippen LogP contribution in [-0.2, 0) is 6.54 Å². The number of pyridine rings is 1. The maximum Gasteiger partial charge on any atom is 0.262 e. The topological polar surface area (TPSA) is 48.5 Å². The number of aromatic nitrogens is 1. The number of amides is 1. The Bertz CT molecular complexity index is 942. The van der Waals surface area contributed by atoms with Gasteiger partial charge in [-0.1, -0.05) is 42.5 Å². The van der Waals surface area contributed by atoms with Crippen molar-refractivity contribution >= 4 is 23.0 Å². The van der Waals surface area contributed by atoms with Crippen molar-refractivity contribution in [1.82, 2.24) is 10.3 Å². The lowest BCUT2D eigenvalue weighted by Gasteiger charge is -2.24. The largest absolute Gasteiger partial charge is 0.342 e. The van der Waals surface area contributed by atoms with Crippen LogP contribution in [0, 0.1) is 0 Å². The molecule has 4 rings (SSSR count). The minimum atomic E-state index is -0.0172. The van der Waals surface area contributed by atoms with Crippen molar-refractivity contribution in [2.45, 2.75) is 6.54 Å². The summed E-state index contributed by atoms with van der Waals surface area (Å²) in [5.74, 6) is -0.0172. The molecule has 0 fully saturated rings. The molecule has 1 aliphatic rings. The summed E-state index contributed by atoms with van der Waals surface area (Å²) in [4.78, 5) is 21.3. The monoisotopic (exact) mass is 358 g/mol. The molecule has 1 N–H and O–H groups in total. The first-order valence-electron chi connectivity index (χ1n) is 9.09. The Balaban J connectivity index is 1.57. The van der Waals surface area contributed by atoms with E-state index in [1.165, 1.54) is 5.56 Å². The van der Waals surface area contributed by atoms with E-state index in [1.807, 2.05) is 60.5 Å². The van der Waals surface area contributed by atoms with E-state index in [4.69, 9.17) is 0 Å². The second-order valence-electron chi connectivity index (χ2n) is 6.56. The molecule has 136 valence electrons. The van der Waals surface area contributed by atoms with Gasteiger partial charge in [-0.15, -0.1) is 0 Å². The molecule has 5 nitrogen and oxygen atoms in total. The maximum atomic E-state index is 13.2. The van der Waals surface area contributed by atoms with Crippen molar-refractivity contribution in [1.29, 1.82) is 0 Å². The lowest BCUT2D eigenvalue weighted by Crippen LogP contribution is -2.36. The SMILES string of the molecule is CN1c2ccncc2C(=O)N(CCNCc2ccccc2)c2ccccc21. The van der Waals surface area contributed by atoms with Gasteiger partial charge in [-0.2, -0.15) is 0 Å². The number of hydrogen-bond acceptors (Lipinski definition) is 4. The number of rotatable bonds is 5. The number of benzene rings is 2. The van der Waals surface area contributed by atoms with Gasteiger partial charge in [0, 0.05) is 39.1 Å². The first kappa shape index (κ1) is 17.2. The molecule has 0 saturated carbocycles. The van der Waals surface area contributed by atoms with E-state index in [-0.39, 0.29) is 5.91 Å². The summed E-state index contributed by atoms with van der Waals surface area (Å²) >= 11 is 0. The van der Waals surface area contributed by atoms with Gasteiger partial charge in [0.15, 0.2) is 0 Å². The van der Waals surface area contributed by atoms with Crippen molar-refractivity contribution in [2.24, 2.45) is 0 Å². The van der Waals surface area contributed by atoms with Crippen LogP contribution >= 0.6 is 0 Å². The minimum absolute atomic E-state index is 0.0172. The van der Waals surface area contributed by atoms with E-state index < -0.39 is 0 Å². The molecule has 1 aromatic heterocycles. The molecule has 5 heteroatoms. The van der Waals surface area contributed by atoms with Gasteiger partial charge in [-0.25, -0.2) is 0 Å². The molecule has 3 aromatic rings. The van der Waals surface area contributed by atoms with Gasteiger partial charge < -0.3 is 15.1 Å². The summed E-state index contributed by atoms with van der Waals surface area (Å²) in [5, 5.41) is 3.43. The minimum Gasteiger partial charge on any atom is -0.342 e. The molecule has 1 aliphatic heterocycles. The second-order valence-corrected chi connectivity index (χ2v) is 6.56. The Morgan fingerprint density at radius 1 is 0.926 bits per heavy atom. The van der Waals surface area contributed by atoms with Crippen molar-refractivity contribution in [3.05, 3.63) is 84.2 Å². The van der Waals surface area contributed by atoms with E-state index in [0.717, 1.165) is 23.6 Å². The van der Waals surface area contributed by atoms with Crippen molar-refractivity contribution < 1.29 is 4.79 Å². The second kappa shape index (κ2) is 7.60. The van der Waals surface area contributed by atoms with Gasteiger partial charge in [0.05, 0.1) is 22.6 Å². The number of fused-ring (bicyclic) bond motifs is 2. The van der Waals surface area contributed by atoms with Crippen LogP contribution in [0.5, 0.6) is 0 Å². The van der Waals surface area contributed by atoms with Gasteiger partial charge in [-0.3, -0.25) is 9.78 Å². The van der Waals surface area contributed by atoms with Crippen LogP contribution in [0.2, 0.25) is 0 Å². The van der Waals surface area contributed by atoms with Crippen molar-refractivity contribution in [3.63, 3.8) is 0 Å². The summed E-state index contributed by atoms with van der Waals surface area (Å²) < 4.78 is 0. The fourth-order valence-electron chi connectivity index (χ4n) is 3.45. The molecule has 0 spiro atoms. The Kier molecular flexibility index (Phi) is 4.85. The van der Waals surface area contributed by atoms with Crippen molar-refractivity contribution in [3.8, 4) is 0 Å². The maximum absolute atomic E-state index is 13.2. The molecule has 0 bridgehead atoms. The fourth-order valence-corrected chi connectivity index (χ4v) is 3.45. The number of carbonyl (C=O) groups excluding carboxylic acids is 1. The Labute approximate surface area is 159 Å². The van der Waals surface area contributed by atoms with Gasteiger partial charge in [0.25, 0.3) is 5.91 Å². The zero-order valence-electron chi connectivity index (χ0n) is 15.3. The lowest BCUT2D eigenvalue weighted by atomic mass is 10.2. The highest BCUT2D eigenvalue weighted by molar-refractivity contribution is 6.13. The summed E-state index contributed by atoms with van der Waals surface area (Å²) in [6, 6.07) is 20.2. The van der Waals surface area contributed by atoms with Crippen molar-refractivity contribution in [2.75, 3.05) is 29.9 Å². The van der Waals surface area contributed by atoms with E-state index in [9.17, 15) is 4.79 Å². The number of nitrogens with zero attached hydrogens (tertiary/aromatic N) is 3. The highest BCUT2D eigenvalue weighted by Gasteiger charge is 2.28. The average molecular weight is 358 g/mol. The average Bonchev–Trinajstić information content (AvgIpc) is 2.81. The number of nitrogens with one attached hydrogen (secondary N) is 1. The van der Waals surface area contributed by atoms with Crippen LogP contribution in [0.3, 0.4) is 0 Å². The molecule has 0 unspecified atom stereocenters. The van der Waals surface area contributed by atoms with Crippen LogP contribution in [0.1, 0.15) is 15.9 Å². The van der Waals surface area contributed by atoms with Crippen LogP contribution in [0.4, 0.5) is 17.1 Å². The summed E-state index contributed by atoms with van der Waals surface area (Å²) in [6.07, 6.45) is 3.38. The molecule has 1 amide bonds. The first-order chi connectivity index (χ1) is 13.3. The third kappa shape index (κ3) is 3.41. The number of para-hydroxylation sites is 2. The van der Waals surface area contributed by atoms with E-state index in [2.05, 4.69) is 27.3 Å². The molecule has 2 aromatic carbocycles. The third-order valence-corrected chi connectivity index (χ3v) is 4.85. The molecule has 2 heterocycles. The molecule has 0 saturated heterocycles. The highest BCUT2D eigenvalue weighted by atomic mass is 16.2. The van der Waals surface area contributed by atoms with Crippen LogP contribution < -0.4 is 15.1 Å². The number of anilines is 3. The van der Waals surface area contributed by atoms with Gasteiger partial charge in [-0.05, 0) is 23.8 Å². The zero-order chi connectivity index (χ0) is 18.6. The molecule has 0 aliphatic carbocycles. The Morgan fingerprint density at radius 2 is 1.67 bits per heavy atom. The van der Waals surface area contributed by atoms with Gasteiger partial charge in [0.2, 0.25) is 0 Å². The first-order valence-corrected chi connectivity index (χ1v) is 9.09. The lowest BCUT2D eigenvalue weighted by molar-refractivity contribution is 0.0988. The van der Waals surface area contributed by atoms with Crippen LogP contribution in [0.25, 0.3) is 0 Å². The molecule has 0 radical (unpaired) electrons. The normalized spacial score (nSPS) is 13.1. The summed E-state index contributed by atoms with van der Waals surface area (Å²) in [6.45, 7) is 2.07. The molecule has 27 heavy (non-hydrogen) atoms. The smallest absolute Gasteiger partial charge is 0.262 e. The van der Waals surface area contributed by atoms with Crippen LogP contribution in [0.15, 0.2) is 73.1 Å². The highest BCUT2D eigenvalue weighted by Crippen LogP contribution is 2.38. The number of hydrogen-bond donors (Lipinski definition) is 1.